The number of benzene rings is 2. The molecule has 5 heteroatoms. The van der Waals surface area contributed by atoms with Crippen molar-refractivity contribution in [1.29, 1.82) is 0 Å². The summed E-state index contributed by atoms with van der Waals surface area (Å²) in [5.41, 5.74) is 2.57. The Labute approximate surface area is 127 Å². The van der Waals surface area contributed by atoms with Gasteiger partial charge in [0.2, 0.25) is 5.82 Å². The van der Waals surface area contributed by atoms with Gasteiger partial charge in [0, 0.05) is 11.1 Å². The van der Waals surface area contributed by atoms with Gasteiger partial charge in [0.25, 0.3) is 5.89 Å². The summed E-state index contributed by atoms with van der Waals surface area (Å²) in [5.74, 6) is 1.51. The number of carbonyl (C=O) groups is 1. The zero-order valence-electron chi connectivity index (χ0n) is 12.0. The van der Waals surface area contributed by atoms with E-state index in [2.05, 4.69) is 10.1 Å². The lowest BCUT2D eigenvalue weighted by Crippen LogP contribution is -1.96. The minimum atomic E-state index is 0.154. The molecule has 0 aliphatic rings. The molecule has 2 aromatic carbocycles. The molecule has 3 rings (SSSR count). The SMILES string of the molecule is Cc1ccccc1-c1noc(COc2cccc(C=O)c2)n1. The number of aryl methyl sites for hydroxylation is 1. The summed E-state index contributed by atoms with van der Waals surface area (Å²) in [7, 11) is 0. The van der Waals surface area contributed by atoms with Crippen LogP contribution >= 0.6 is 0 Å². The fourth-order valence-electron chi connectivity index (χ4n) is 2.07. The molecule has 0 N–H and O–H groups in total. The highest BCUT2D eigenvalue weighted by Gasteiger charge is 2.10. The molecular formula is C17H14N2O3. The molecule has 0 unspecified atom stereocenters. The molecule has 1 aromatic heterocycles. The number of hydrogen-bond donors (Lipinski definition) is 0. The van der Waals surface area contributed by atoms with Gasteiger partial charge in [-0.2, -0.15) is 4.98 Å². The maximum absolute atomic E-state index is 10.7. The van der Waals surface area contributed by atoms with E-state index in [4.69, 9.17) is 9.26 Å². The lowest BCUT2D eigenvalue weighted by molar-refractivity contribution is 0.112. The van der Waals surface area contributed by atoms with Crippen LogP contribution in [0.5, 0.6) is 5.75 Å². The number of carbonyl (C=O) groups excluding carboxylic acids is 1. The maximum Gasteiger partial charge on any atom is 0.264 e. The average molecular weight is 294 g/mol. The van der Waals surface area contributed by atoms with Crippen LogP contribution in [0.4, 0.5) is 0 Å². The Kier molecular flexibility index (Phi) is 3.96. The standard InChI is InChI=1S/C17H14N2O3/c1-12-5-2-3-8-15(12)17-18-16(22-19-17)11-21-14-7-4-6-13(9-14)10-20/h2-10H,11H2,1H3. The van der Waals surface area contributed by atoms with Gasteiger partial charge < -0.3 is 9.26 Å². The van der Waals surface area contributed by atoms with Crippen LogP contribution in [0, 0.1) is 6.92 Å². The van der Waals surface area contributed by atoms with Crippen LogP contribution in [0.25, 0.3) is 11.4 Å². The van der Waals surface area contributed by atoms with Gasteiger partial charge in [-0.15, -0.1) is 0 Å². The molecule has 1 heterocycles. The Morgan fingerprint density at radius 2 is 2.05 bits per heavy atom. The maximum atomic E-state index is 10.7. The third kappa shape index (κ3) is 3.03. The average Bonchev–Trinajstić information content (AvgIpc) is 3.02. The summed E-state index contributed by atoms with van der Waals surface area (Å²) in [5, 5.41) is 3.97. The van der Waals surface area contributed by atoms with Crippen LogP contribution in [0.1, 0.15) is 21.8 Å². The van der Waals surface area contributed by atoms with Gasteiger partial charge in [0.1, 0.15) is 12.0 Å². The van der Waals surface area contributed by atoms with Crippen molar-refractivity contribution in [2.24, 2.45) is 0 Å². The monoisotopic (exact) mass is 294 g/mol. The first-order chi connectivity index (χ1) is 10.8. The summed E-state index contributed by atoms with van der Waals surface area (Å²) in [4.78, 5) is 15.1. The topological polar surface area (TPSA) is 65.2 Å². The zero-order valence-corrected chi connectivity index (χ0v) is 12.0. The predicted octanol–water partition coefficient (Wildman–Crippen LogP) is 3.44. The number of hydrogen-bond acceptors (Lipinski definition) is 5. The largest absolute Gasteiger partial charge is 0.484 e. The second-order valence-corrected chi connectivity index (χ2v) is 4.81. The Bertz CT molecular complexity index is 796. The first-order valence-electron chi connectivity index (χ1n) is 6.83. The fraction of sp³-hybridized carbons (Fsp3) is 0.118. The second kappa shape index (κ2) is 6.22. The quantitative estimate of drug-likeness (QED) is 0.674. The van der Waals surface area contributed by atoms with E-state index in [1.54, 1.807) is 24.3 Å². The van der Waals surface area contributed by atoms with Crippen molar-refractivity contribution in [2.75, 3.05) is 0 Å². The van der Waals surface area contributed by atoms with Gasteiger partial charge in [-0.3, -0.25) is 4.79 Å². The molecule has 0 saturated heterocycles. The second-order valence-electron chi connectivity index (χ2n) is 4.81. The molecule has 0 bridgehead atoms. The van der Waals surface area contributed by atoms with E-state index in [0.29, 0.717) is 23.0 Å². The summed E-state index contributed by atoms with van der Waals surface area (Å²) in [6.07, 6.45) is 0.774. The third-order valence-corrected chi connectivity index (χ3v) is 3.21. The normalized spacial score (nSPS) is 10.4. The molecule has 0 spiro atoms. The zero-order chi connectivity index (χ0) is 15.4. The number of nitrogens with zero attached hydrogens (tertiary/aromatic N) is 2. The van der Waals surface area contributed by atoms with Gasteiger partial charge >= 0.3 is 0 Å². The fourth-order valence-corrected chi connectivity index (χ4v) is 2.07. The molecule has 0 fully saturated rings. The number of rotatable bonds is 5. The van der Waals surface area contributed by atoms with E-state index in [1.165, 1.54) is 0 Å². The van der Waals surface area contributed by atoms with Crippen LogP contribution < -0.4 is 4.74 Å². The molecule has 0 saturated carbocycles. The van der Waals surface area contributed by atoms with E-state index in [0.717, 1.165) is 17.4 Å². The van der Waals surface area contributed by atoms with Crippen LogP contribution in [0.15, 0.2) is 53.1 Å². The lowest BCUT2D eigenvalue weighted by Gasteiger charge is -2.02. The molecule has 0 aliphatic heterocycles. The van der Waals surface area contributed by atoms with E-state index in [-0.39, 0.29) is 6.61 Å². The summed E-state index contributed by atoms with van der Waals surface area (Å²) >= 11 is 0. The first-order valence-corrected chi connectivity index (χ1v) is 6.83. The molecular weight excluding hydrogens is 280 g/mol. The molecule has 0 radical (unpaired) electrons. The van der Waals surface area contributed by atoms with Crippen molar-refractivity contribution in [3.63, 3.8) is 0 Å². The van der Waals surface area contributed by atoms with E-state index in [9.17, 15) is 4.79 Å². The predicted molar refractivity (Wildman–Crippen MR) is 80.6 cm³/mol. The molecule has 22 heavy (non-hydrogen) atoms. The Morgan fingerprint density at radius 3 is 2.86 bits per heavy atom. The molecule has 5 nitrogen and oxygen atoms in total. The highest BCUT2D eigenvalue weighted by Crippen LogP contribution is 2.20. The van der Waals surface area contributed by atoms with Crippen molar-refractivity contribution in [3.8, 4) is 17.1 Å². The number of ether oxygens (including phenoxy) is 1. The third-order valence-electron chi connectivity index (χ3n) is 3.21. The highest BCUT2D eigenvalue weighted by atomic mass is 16.5. The smallest absolute Gasteiger partial charge is 0.264 e. The molecule has 110 valence electrons. The van der Waals surface area contributed by atoms with E-state index in [1.807, 2.05) is 31.2 Å². The van der Waals surface area contributed by atoms with Gasteiger partial charge in [0.15, 0.2) is 6.61 Å². The summed E-state index contributed by atoms with van der Waals surface area (Å²) in [6, 6.07) is 14.7. The van der Waals surface area contributed by atoms with Crippen molar-refractivity contribution in [3.05, 3.63) is 65.5 Å². The highest BCUT2D eigenvalue weighted by molar-refractivity contribution is 5.75. The van der Waals surface area contributed by atoms with Crippen LogP contribution in [-0.4, -0.2) is 16.4 Å². The van der Waals surface area contributed by atoms with E-state index < -0.39 is 0 Å². The van der Waals surface area contributed by atoms with E-state index >= 15 is 0 Å². The van der Waals surface area contributed by atoms with Crippen LogP contribution in [-0.2, 0) is 6.61 Å². The Hall–Kier alpha value is -2.95. The Balaban J connectivity index is 1.72. The van der Waals surface area contributed by atoms with Crippen LogP contribution in [0.2, 0.25) is 0 Å². The molecule has 3 aromatic rings. The van der Waals surface area contributed by atoms with Gasteiger partial charge in [-0.1, -0.05) is 41.6 Å². The Morgan fingerprint density at radius 1 is 1.18 bits per heavy atom. The van der Waals surface area contributed by atoms with Gasteiger partial charge in [0.05, 0.1) is 0 Å². The summed E-state index contributed by atoms with van der Waals surface area (Å²) in [6.45, 7) is 2.15. The van der Waals surface area contributed by atoms with Gasteiger partial charge in [-0.25, -0.2) is 0 Å². The minimum Gasteiger partial charge on any atom is -0.484 e. The number of aromatic nitrogens is 2. The lowest BCUT2D eigenvalue weighted by atomic mass is 10.1. The number of aldehydes is 1. The van der Waals surface area contributed by atoms with Gasteiger partial charge in [-0.05, 0) is 24.6 Å². The van der Waals surface area contributed by atoms with Crippen molar-refractivity contribution >= 4 is 6.29 Å². The van der Waals surface area contributed by atoms with Crippen molar-refractivity contribution < 1.29 is 14.1 Å². The summed E-state index contributed by atoms with van der Waals surface area (Å²) < 4.78 is 10.8. The first kappa shape index (κ1) is 14.0. The van der Waals surface area contributed by atoms with Crippen LogP contribution in [0.3, 0.4) is 0 Å². The van der Waals surface area contributed by atoms with Crippen molar-refractivity contribution in [1.82, 2.24) is 10.1 Å². The van der Waals surface area contributed by atoms with Crippen molar-refractivity contribution in [2.45, 2.75) is 13.5 Å². The molecule has 0 amide bonds. The minimum absolute atomic E-state index is 0.154. The molecule has 0 aliphatic carbocycles. The molecule has 0 atom stereocenters.